The summed E-state index contributed by atoms with van der Waals surface area (Å²) in [6.45, 7) is 3.90. The van der Waals surface area contributed by atoms with Gasteiger partial charge in [0.2, 0.25) is 21.8 Å². The second-order valence-electron chi connectivity index (χ2n) is 10.1. The Balaban J connectivity index is 1.74. The third-order valence-electron chi connectivity index (χ3n) is 6.92. The Bertz CT molecular complexity index is 1230. The van der Waals surface area contributed by atoms with E-state index in [1.165, 1.54) is 15.6 Å². The van der Waals surface area contributed by atoms with E-state index >= 15 is 0 Å². The number of carbonyl (C=O) groups is 2. The summed E-state index contributed by atoms with van der Waals surface area (Å²) in [5.74, 6) is -0.451. The van der Waals surface area contributed by atoms with E-state index in [-0.39, 0.29) is 37.4 Å². The summed E-state index contributed by atoms with van der Waals surface area (Å²) in [5.41, 5.74) is 2.18. The van der Waals surface area contributed by atoms with Crippen molar-refractivity contribution in [2.24, 2.45) is 0 Å². The van der Waals surface area contributed by atoms with Crippen molar-refractivity contribution in [1.82, 2.24) is 10.2 Å². The van der Waals surface area contributed by atoms with Gasteiger partial charge in [-0.2, -0.15) is 0 Å². The standard InChI is InChI=1S/C28H37Cl2N3O4S/c1-20-9-7-12-25(17-20)33(38(3,36)37)16-8-13-27(34)32(19-22-14-15-23(29)18-26(22)30)21(2)28(35)31-24-10-5-4-6-11-24/h7,9,12,14-15,17-18,21,24H,4-6,8,10-11,13,16,19H2,1-3H3,(H,31,35)/t21-/m1/s1. The number of amides is 2. The highest BCUT2D eigenvalue weighted by atomic mass is 35.5. The third kappa shape index (κ3) is 8.61. The van der Waals surface area contributed by atoms with Crippen molar-refractivity contribution in [3.8, 4) is 0 Å². The predicted molar refractivity (Wildman–Crippen MR) is 154 cm³/mol. The number of carbonyl (C=O) groups excluding carboxylic acids is 2. The zero-order chi connectivity index (χ0) is 27.9. The number of rotatable bonds is 11. The maximum absolute atomic E-state index is 13.5. The lowest BCUT2D eigenvalue weighted by Gasteiger charge is -2.32. The van der Waals surface area contributed by atoms with Gasteiger partial charge in [-0.1, -0.05) is 60.7 Å². The fourth-order valence-corrected chi connectivity index (χ4v) is 6.20. The fraction of sp³-hybridized carbons (Fsp3) is 0.500. The second kappa shape index (κ2) is 13.7. The number of halogens is 2. The third-order valence-corrected chi connectivity index (χ3v) is 8.70. The molecular formula is C28H37Cl2N3O4S. The molecule has 0 bridgehead atoms. The van der Waals surface area contributed by atoms with Crippen LogP contribution < -0.4 is 9.62 Å². The van der Waals surface area contributed by atoms with Crippen LogP contribution in [-0.4, -0.2) is 50.0 Å². The smallest absolute Gasteiger partial charge is 0.242 e. The summed E-state index contributed by atoms with van der Waals surface area (Å²) in [4.78, 5) is 28.2. The highest BCUT2D eigenvalue weighted by Gasteiger charge is 2.29. The van der Waals surface area contributed by atoms with Crippen LogP contribution in [0.3, 0.4) is 0 Å². The van der Waals surface area contributed by atoms with Crippen molar-refractivity contribution >= 4 is 50.7 Å². The number of anilines is 1. The van der Waals surface area contributed by atoms with E-state index in [0.29, 0.717) is 27.7 Å². The molecule has 38 heavy (non-hydrogen) atoms. The van der Waals surface area contributed by atoms with Gasteiger partial charge in [0.05, 0.1) is 11.9 Å². The lowest BCUT2D eigenvalue weighted by Crippen LogP contribution is -2.50. The molecule has 10 heteroatoms. The van der Waals surface area contributed by atoms with Gasteiger partial charge in [0.25, 0.3) is 0 Å². The van der Waals surface area contributed by atoms with Crippen LogP contribution in [0.15, 0.2) is 42.5 Å². The molecule has 1 atom stereocenters. The van der Waals surface area contributed by atoms with E-state index in [0.717, 1.165) is 37.5 Å². The molecule has 3 rings (SSSR count). The van der Waals surface area contributed by atoms with Crippen molar-refractivity contribution in [3.63, 3.8) is 0 Å². The van der Waals surface area contributed by atoms with Crippen molar-refractivity contribution < 1.29 is 18.0 Å². The zero-order valence-electron chi connectivity index (χ0n) is 22.3. The molecule has 7 nitrogen and oxygen atoms in total. The van der Waals surface area contributed by atoms with Crippen molar-refractivity contribution in [3.05, 3.63) is 63.6 Å². The van der Waals surface area contributed by atoms with E-state index in [1.54, 1.807) is 43.3 Å². The summed E-state index contributed by atoms with van der Waals surface area (Å²) in [7, 11) is -3.54. The first-order valence-corrected chi connectivity index (χ1v) is 15.6. The summed E-state index contributed by atoms with van der Waals surface area (Å²) >= 11 is 12.4. The Labute approximate surface area is 236 Å². The van der Waals surface area contributed by atoms with Gasteiger partial charge >= 0.3 is 0 Å². The number of sulfonamides is 1. The van der Waals surface area contributed by atoms with Gasteiger partial charge in [0.1, 0.15) is 6.04 Å². The van der Waals surface area contributed by atoms with Crippen molar-refractivity contribution in [2.75, 3.05) is 17.1 Å². The van der Waals surface area contributed by atoms with Crippen LogP contribution in [0.1, 0.15) is 63.0 Å². The number of nitrogens with zero attached hydrogens (tertiary/aromatic N) is 2. The summed E-state index contributed by atoms with van der Waals surface area (Å²) in [6.07, 6.45) is 6.75. The van der Waals surface area contributed by atoms with E-state index in [4.69, 9.17) is 23.2 Å². The van der Waals surface area contributed by atoms with Crippen LogP contribution in [0.5, 0.6) is 0 Å². The maximum Gasteiger partial charge on any atom is 0.242 e. The molecule has 1 N–H and O–H groups in total. The van der Waals surface area contributed by atoms with Gasteiger partial charge in [-0.15, -0.1) is 0 Å². The molecule has 2 aromatic carbocycles. The normalized spacial score (nSPS) is 15.1. The van der Waals surface area contributed by atoms with Crippen LogP contribution in [0.4, 0.5) is 5.69 Å². The molecule has 0 aromatic heterocycles. The Morgan fingerprint density at radius 3 is 2.42 bits per heavy atom. The average Bonchev–Trinajstić information content (AvgIpc) is 2.85. The molecule has 1 aliphatic carbocycles. The zero-order valence-corrected chi connectivity index (χ0v) is 24.6. The van der Waals surface area contributed by atoms with Gasteiger partial charge in [-0.05, 0) is 68.5 Å². The van der Waals surface area contributed by atoms with Gasteiger partial charge in [-0.25, -0.2) is 8.42 Å². The van der Waals surface area contributed by atoms with Gasteiger partial charge < -0.3 is 10.2 Å². The van der Waals surface area contributed by atoms with E-state index in [2.05, 4.69) is 5.32 Å². The number of benzene rings is 2. The molecular weight excluding hydrogens is 545 g/mol. The molecule has 208 valence electrons. The first kappa shape index (κ1) is 30.3. The molecule has 0 radical (unpaired) electrons. The molecule has 0 unspecified atom stereocenters. The van der Waals surface area contributed by atoms with E-state index < -0.39 is 16.1 Å². The monoisotopic (exact) mass is 581 g/mol. The fourth-order valence-electron chi connectivity index (χ4n) is 4.77. The Kier molecular flexibility index (Phi) is 10.9. The van der Waals surface area contributed by atoms with Crippen LogP contribution in [0, 0.1) is 6.92 Å². The molecule has 0 aliphatic heterocycles. The molecule has 1 fully saturated rings. The molecule has 1 aliphatic rings. The SMILES string of the molecule is Cc1cccc(N(CCCC(=O)N(Cc2ccc(Cl)cc2Cl)[C@H](C)C(=O)NC2CCCCC2)S(C)(=O)=O)c1. The van der Waals surface area contributed by atoms with E-state index in [1.807, 2.05) is 13.0 Å². The number of nitrogens with one attached hydrogen (secondary N) is 1. The maximum atomic E-state index is 13.5. The number of aryl methyl sites for hydroxylation is 1. The Morgan fingerprint density at radius 1 is 1.08 bits per heavy atom. The van der Waals surface area contributed by atoms with Crippen LogP contribution in [-0.2, 0) is 26.2 Å². The molecule has 0 heterocycles. The summed E-state index contributed by atoms with van der Waals surface area (Å²) in [5, 5.41) is 4.01. The van der Waals surface area contributed by atoms with Crippen LogP contribution >= 0.6 is 23.2 Å². The lowest BCUT2D eigenvalue weighted by atomic mass is 9.95. The van der Waals surface area contributed by atoms with Gasteiger partial charge in [-0.3, -0.25) is 13.9 Å². The Hall–Kier alpha value is -2.29. The van der Waals surface area contributed by atoms with Crippen LogP contribution in [0.25, 0.3) is 0 Å². The highest BCUT2D eigenvalue weighted by molar-refractivity contribution is 7.92. The number of hydrogen-bond acceptors (Lipinski definition) is 4. The lowest BCUT2D eigenvalue weighted by molar-refractivity contribution is -0.141. The summed E-state index contributed by atoms with van der Waals surface area (Å²) in [6, 6.07) is 11.7. The van der Waals surface area contributed by atoms with Crippen molar-refractivity contribution in [2.45, 2.75) is 77.4 Å². The Morgan fingerprint density at radius 2 is 1.79 bits per heavy atom. The largest absolute Gasteiger partial charge is 0.352 e. The minimum atomic E-state index is -3.54. The molecule has 0 spiro atoms. The first-order chi connectivity index (χ1) is 18.0. The summed E-state index contributed by atoms with van der Waals surface area (Å²) < 4.78 is 26.3. The number of hydrogen-bond donors (Lipinski definition) is 1. The molecule has 2 amide bonds. The second-order valence-corrected chi connectivity index (χ2v) is 12.8. The van der Waals surface area contributed by atoms with Gasteiger partial charge in [0, 0.05) is 35.6 Å². The molecule has 0 saturated heterocycles. The minimum Gasteiger partial charge on any atom is -0.352 e. The molecule has 2 aromatic rings. The van der Waals surface area contributed by atoms with Crippen LogP contribution in [0.2, 0.25) is 10.0 Å². The first-order valence-electron chi connectivity index (χ1n) is 13.0. The topological polar surface area (TPSA) is 86.8 Å². The van der Waals surface area contributed by atoms with Gasteiger partial charge in [0.15, 0.2) is 0 Å². The predicted octanol–water partition coefficient (Wildman–Crippen LogP) is 5.71. The van der Waals surface area contributed by atoms with E-state index in [9.17, 15) is 18.0 Å². The average molecular weight is 583 g/mol. The van der Waals surface area contributed by atoms with Crippen molar-refractivity contribution in [1.29, 1.82) is 0 Å². The quantitative estimate of drug-likeness (QED) is 0.368. The minimum absolute atomic E-state index is 0.0735. The molecule has 1 saturated carbocycles. The highest BCUT2D eigenvalue weighted by Crippen LogP contribution is 2.25.